The van der Waals surface area contributed by atoms with Crippen molar-refractivity contribution < 1.29 is 13.6 Å². The number of alkyl halides is 2. The Hall–Kier alpha value is -1.30. The average molecular weight is 484 g/mol. The Balaban J connectivity index is 1.53. The molecule has 1 unspecified atom stereocenters. The van der Waals surface area contributed by atoms with Crippen molar-refractivity contribution >= 4 is 40.9 Å². The highest BCUT2D eigenvalue weighted by atomic mass is 35.5. The van der Waals surface area contributed by atoms with Crippen LogP contribution in [0.3, 0.4) is 0 Å². The summed E-state index contributed by atoms with van der Waals surface area (Å²) in [6, 6.07) is 12.5. The number of amides is 1. The number of hydrogen-bond donors (Lipinski definition) is 1. The van der Waals surface area contributed by atoms with E-state index in [9.17, 15) is 13.6 Å². The first-order valence-corrected chi connectivity index (χ1v) is 12.4. The summed E-state index contributed by atoms with van der Waals surface area (Å²) in [7, 11) is 0. The van der Waals surface area contributed by atoms with Crippen LogP contribution in [0.2, 0.25) is 10.0 Å². The molecule has 0 aliphatic heterocycles. The maximum Gasteiger partial charge on any atom is 0.253 e. The minimum Gasteiger partial charge on any atom is -0.345 e. The van der Waals surface area contributed by atoms with Gasteiger partial charge in [-0.25, -0.2) is 8.78 Å². The van der Waals surface area contributed by atoms with E-state index >= 15 is 0 Å². The van der Waals surface area contributed by atoms with E-state index in [4.69, 9.17) is 23.2 Å². The van der Waals surface area contributed by atoms with Crippen LogP contribution in [0.25, 0.3) is 0 Å². The fraction of sp³-hybridized carbons (Fsp3) is 0.458. The Morgan fingerprint density at radius 1 is 1.06 bits per heavy atom. The van der Waals surface area contributed by atoms with Gasteiger partial charge in [0.1, 0.15) is 0 Å². The number of nitrogens with one attached hydrogen (secondary N) is 1. The van der Waals surface area contributed by atoms with Crippen LogP contribution in [0.5, 0.6) is 0 Å². The van der Waals surface area contributed by atoms with Crippen molar-refractivity contribution in [2.75, 3.05) is 5.75 Å². The lowest BCUT2D eigenvalue weighted by molar-refractivity contribution is -0.0493. The van der Waals surface area contributed by atoms with Crippen LogP contribution in [-0.4, -0.2) is 17.6 Å². The molecule has 2 saturated carbocycles. The molecule has 31 heavy (non-hydrogen) atoms. The molecule has 2 fully saturated rings. The lowest BCUT2D eigenvalue weighted by atomic mass is 9.79. The second-order valence-corrected chi connectivity index (χ2v) is 10.5. The zero-order valence-electron chi connectivity index (χ0n) is 17.1. The van der Waals surface area contributed by atoms with E-state index in [2.05, 4.69) is 17.4 Å². The molecular formula is C24H25Cl2F2NOS. The molecule has 2 nitrogen and oxygen atoms in total. The van der Waals surface area contributed by atoms with Crippen molar-refractivity contribution in [3.05, 3.63) is 63.6 Å². The van der Waals surface area contributed by atoms with E-state index in [-0.39, 0.29) is 35.7 Å². The van der Waals surface area contributed by atoms with Gasteiger partial charge >= 0.3 is 0 Å². The smallest absolute Gasteiger partial charge is 0.253 e. The topological polar surface area (TPSA) is 29.1 Å². The highest BCUT2D eigenvalue weighted by molar-refractivity contribution is 7.99. The molecule has 1 atom stereocenters. The molecule has 7 heteroatoms. The Morgan fingerprint density at radius 2 is 1.74 bits per heavy atom. The predicted octanol–water partition coefficient (Wildman–Crippen LogP) is 7.79. The quantitative estimate of drug-likeness (QED) is 0.407. The van der Waals surface area contributed by atoms with Crippen LogP contribution in [0.4, 0.5) is 8.78 Å². The number of halogens is 4. The van der Waals surface area contributed by atoms with E-state index in [1.54, 1.807) is 12.1 Å². The summed E-state index contributed by atoms with van der Waals surface area (Å²) in [5, 5.41) is 3.79. The summed E-state index contributed by atoms with van der Waals surface area (Å²) in [5.74, 6) is -1.03. The summed E-state index contributed by atoms with van der Waals surface area (Å²) in [6.45, 7) is 0. The van der Waals surface area contributed by atoms with E-state index < -0.39 is 5.92 Å². The van der Waals surface area contributed by atoms with Gasteiger partial charge in [0.05, 0.1) is 16.6 Å². The second kappa shape index (κ2) is 9.68. The van der Waals surface area contributed by atoms with Gasteiger partial charge in [0, 0.05) is 28.5 Å². The summed E-state index contributed by atoms with van der Waals surface area (Å²) in [4.78, 5) is 14.2. The van der Waals surface area contributed by atoms with Gasteiger partial charge in [-0.05, 0) is 73.4 Å². The second-order valence-electron chi connectivity index (χ2n) is 8.59. The number of thioether (sulfide) groups is 1. The molecule has 0 aromatic heterocycles. The number of carbonyl (C=O) groups excluding carboxylic acids is 1. The molecule has 2 aliphatic rings. The molecule has 0 heterocycles. The molecular weight excluding hydrogens is 459 g/mol. The van der Waals surface area contributed by atoms with Crippen LogP contribution >= 0.6 is 35.0 Å². The molecule has 0 bridgehead atoms. The van der Waals surface area contributed by atoms with E-state index in [0.717, 1.165) is 17.2 Å². The van der Waals surface area contributed by atoms with Crippen molar-refractivity contribution in [2.45, 2.75) is 55.4 Å². The van der Waals surface area contributed by atoms with Gasteiger partial charge in [-0.15, -0.1) is 11.8 Å². The van der Waals surface area contributed by atoms with Crippen molar-refractivity contribution in [2.24, 2.45) is 11.8 Å². The minimum atomic E-state index is -2.62. The van der Waals surface area contributed by atoms with Crippen LogP contribution in [0.15, 0.2) is 47.4 Å². The average Bonchev–Trinajstić information content (AvgIpc) is 3.56. The van der Waals surface area contributed by atoms with Crippen LogP contribution < -0.4 is 5.32 Å². The number of benzene rings is 2. The normalized spacial score (nSPS) is 19.7. The van der Waals surface area contributed by atoms with Gasteiger partial charge in [-0.1, -0.05) is 35.3 Å². The van der Waals surface area contributed by atoms with Gasteiger partial charge in [0.2, 0.25) is 5.92 Å². The molecule has 1 amide bonds. The maximum absolute atomic E-state index is 13.7. The van der Waals surface area contributed by atoms with Gasteiger partial charge in [-0.2, -0.15) is 0 Å². The predicted molar refractivity (Wildman–Crippen MR) is 123 cm³/mol. The zero-order chi connectivity index (χ0) is 22.0. The van der Waals surface area contributed by atoms with E-state index in [1.807, 2.05) is 23.9 Å². The number of rotatable bonds is 7. The van der Waals surface area contributed by atoms with Gasteiger partial charge in [0.25, 0.3) is 5.91 Å². The minimum absolute atomic E-state index is 0.0559. The molecule has 2 aliphatic carbocycles. The Morgan fingerprint density at radius 3 is 2.35 bits per heavy atom. The van der Waals surface area contributed by atoms with Crippen molar-refractivity contribution in [1.82, 2.24) is 5.32 Å². The Bertz CT molecular complexity index is 924. The number of hydrogen-bond acceptors (Lipinski definition) is 2. The van der Waals surface area contributed by atoms with Crippen LogP contribution in [0, 0.1) is 11.8 Å². The monoisotopic (exact) mass is 483 g/mol. The molecule has 4 rings (SSSR count). The van der Waals surface area contributed by atoms with Gasteiger partial charge < -0.3 is 5.32 Å². The maximum atomic E-state index is 13.7. The van der Waals surface area contributed by atoms with Gasteiger partial charge in [0.15, 0.2) is 0 Å². The summed E-state index contributed by atoms with van der Waals surface area (Å²) in [6.07, 6.45) is 3.06. The molecule has 1 N–H and O–H groups in total. The molecule has 0 radical (unpaired) electrons. The third kappa shape index (κ3) is 6.15. The first kappa shape index (κ1) is 22.9. The van der Waals surface area contributed by atoms with E-state index in [1.165, 1.54) is 23.8 Å². The molecule has 2 aromatic carbocycles. The molecule has 2 aromatic rings. The summed E-state index contributed by atoms with van der Waals surface area (Å²) >= 11 is 14.0. The highest BCUT2D eigenvalue weighted by Crippen LogP contribution is 2.42. The zero-order valence-corrected chi connectivity index (χ0v) is 19.4. The molecule has 0 spiro atoms. The van der Waals surface area contributed by atoms with Crippen molar-refractivity contribution in [3.63, 3.8) is 0 Å². The molecule has 0 saturated heterocycles. The van der Waals surface area contributed by atoms with Crippen molar-refractivity contribution in [1.29, 1.82) is 0 Å². The largest absolute Gasteiger partial charge is 0.345 e. The summed E-state index contributed by atoms with van der Waals surface area (Å²) < 4.78 is 27.5. The van der Waals surface area contributed by atoms with E-state index in [0.29, 0.717) is 23.4 Å². The summed E-state index contributed by atoms with van der Waals surface area (Å²) in [5.41, 5.74) is 1.26. The fourth-order valence-corrected chi connectivity index (χ4v) is 5.62. The lowest BCUT2D eigenvalue weighted by Crippen LogP contribution is -2.37. The standard InChI is InChI=1S/C24H25Cl2F2NOS/c25-18-5-8-20(21(26)13-18)23(30)29-22(17-9-11-24(27,28)12-10-17)16-3-6-19(7-4-16)31-14-15-1-2-15/h3-8,13,15,17,22H,1-2,9-12,14H2,(H,29,30). The first-order chi connectivity index (χ1) is 14.8. The molecule has 166 valence electrons. The fourth-order valence-electron chi connectivity index (χ4n) is 4.03. The van der Waals surface area contributed by atoms with Gasteiger partial charge in [-0.3, -0.25) is 4.79 Å². The van der Waals surface area contributed by atoms with Crippen LogP contribution in [0.1, 0.15) is 60.5 Å². The van der Waals surface area contributed by atoms with Crippen LogP contribution in [-0.2, 0) is 0 Å². The SMILES string of the molecule is O=C(NC(c1ccc(SCC2CC2)cc1)C1CCC(F)(F)CC1)c1ccc(Cl)cc1Cl. The third-order valence-electron chi connectivity index (χ3n) is 6.12. The Labute approximate surface area is 196 Å². The lowest BCUT2D eigenvalue weighted by Gasteiger charge is -2.34. The Kier molecular flexibility index (Phi) is 7.14. The first-order valence-electron chi connectivity index (χ1n) is 10.7. The highest BCUT2D eigenvalue weighted by Gasteiger charge is 2.38. The van der Waals surface area contributed by atoms with Crippen molar-refractivity contribution in [3.8, 4) is 0 Å². The third-order valence-corrected chi connectivity index (χ3v) is 7.91. The number of carbonyl (C=O) groups is 1.